The minimum atomic E-state index is -2.96. The van der Waals surface area contributed by atoms with E-state index in [1.165, 1.54) is 24.3 Å². The highest BCUT2D eigenvalue weighted by Gasteiger charge is 2.13. The highest BCUT2D eigenvalue weighted by molar-refractivity contribution is 6.32. The van der Waals surface area contributed by atoms with Crippen LogP contribution >= 0.6 is 11.6 Å². The number of aromatic nitrogens is 1. The van der Waals surface area contributed by atoms with Crippen molar-refractivity contribution in [1.82, 2.24) is 4.57 Å². The Morgan fingerprint density at radius 1 is 1.43 bits per heavy atom. The second-order valence-electron chi connectivity index (χ2n) is 4.25. The van der Waals surface area contributed by atoms with Crippen LogP contribution in [0.15, 0.2) is 30.5 Å². The summed E-state index contributed by atoms with van der Waals surface area (Å²) in [5.41, 5.74) is 6.76. The van der Waals surface area contributed by atoms with Gasteiger partial charge in [0, 0.05) is 18.9 Å². The van der Waals surface area contributed by atoms with Gasteiger partial charge in [-0.3, -0.25) is 4.79 Å². The number of carbonyl (C=O) groups is 1. The molecule has 1 aromatic heterocycles. The molecular formula is C13H12ClF2N3O2. The van der Waals surface area contributed by atoms with Crippen LogP contribution in [0.1, 0.15) is 10.5 Å². The van der Waals surface area contributed by atoms with Crippen LogP contribution in [-0.4, -0.2) is 17.1 Å². The Bertz CT molecular complexity index is 673. The zero-order valence-corrected chi connectivity index (χ0v) is 11.7. The van der Waals surface area contributed by atoms with Crippen LogP contribution in [-0.2, 0) is 7.05 Å². The fourth-order valence-corrected chi connectivity index (χ4v) is 2.01. The maximum absolute atomic E-state index is 12.1. The third kappa shape index (κ3) is 3.63. The van der Waals surface area contributed by atoms with Gasteiger partial charge in [0.2, 0.25) is 0 Å². The van der Waals surface area contributed by atoms with Gasteiger partial charge in [-0.25, -0.2) is 0 Å². The van der Waals surface area contributed by atoms with E-state index in [4.69, 9.17) is 17.3 Å². The van der Waals surface area contributed by atoms with Gasteiger partial charge >= 0.3 is 6.61 Å². The maximum atomic E-state index is 12.1. The average molecular weight is 316 g/mol. The molecule has 0 saturated heterocycles. The zero-order valence-electron chi connectivity index (χ0n) is 10.9. The lowest BCUT2D eigenvalue weighted by Gasteiger charge is -2.10. The number of hydrogen-bond donors (Lipinski definition) is 2. The molecule has 1 amide bonds. The normalized spacial score (nSPS) is 10.7. The van der Waals surface area contributed by atoms with Gasteiger partial charge in [0.25, 0.3) is 5.91 Å². The molecule has 0 unspecified atom stereocenters. The van der Waals surface area contributed by atoms with E-state index in [-0.39, 0.29) is 10.8 Å². The number of carbonyl (C=O) groups excluding carboxylic acids is 1. The highest BCUT2D eigenvalue weighted by Crippen LogP contribution is 2.29. The van der Waals surface area contributed by atoms with Crippen molar-refractivity contribution in [3.8, 4) is 5.75 Å². The number of nitrogens with zero attached hydrogens (tertiary/aromatic N) is 1. The van der Waals surface area contributed by atoms with Gasteiger partial charge in [-0.1, -0.05) is 11.6 Å². The highest BCUT2D eigenvalue weighted by atomic mass is 35.5. The van der Waals surface area contributed by atoms with E-state index in [0.29, 0.717) is 17.1 Å². The quantitative estimate of drug-likeness (QED) is 0.910. The van der Waals surface area contributed by atoms with E-state index in [0.717, 1.165) is 0 Å². The van der Waals surface area contributed by atoms with Crippen molar-refractivity contribution in [2.75, 3.05) is 11.1 Å². The van der Waals surface area contributed by atoms with E-state index in [9.17, 15) is 13.6 Å². The first kappa shape index (κ1) is 15.1. The van der Waals surface area contributed by atoms with E-state index in [1.807, 2.05) is 0 Å². The number of nitrogens with one attached hydrogen (secondary N) is 1. The molecule has 1 heterocycles. The summed E-state index contributed by atoms with van der Waals surface area (Å²) in [6.07, 6.45) is 1.60. The molecule has 0 aliphatic heterocycles. The summed E-state index contributed by atoms with van der Waals surface area (Å²) in [7, 11) is 1.68. The first-order valence-corrected chi connectivity index (χ1v) is 6.22. The standard InChI is InChI=1S/C13H12ClF2N3O2/c1-19-6-7(17)4-10(19)12(20)18-8-2-3-11(9(14)5-8)21-13(15)16/h2-6,13H,17H2,1H3,(H,18,20). The number of hydrogen-bond acceptors (Lipinski definition) is 3. The van der Waals surface area contributed by atoms with Crippen molar-refractivity contribution in [2.45, 2.75) is 6.61 Å². The summed E-state index contributed by atoms with van der Waals surface area (Å²) in [4.78, 5) is 12.0. The Hall–Kier alpha value is -2.28. The second-order valence-corrected chi connectivity index (χ2v) is 4.65. The number of alkyl halides is 2. The molecule has 5 nitrogen and oxygen atoms in total. The number of halogens is 3. The van der Waals surface area contributed by atoms with E-state index in [1.54, 1.807) is 17.8 Å². The molecule has 0 fully saturated rings. The summed E-state index contributed by atoms with van der Waals surface area (Å²) >= 11 is 5.80. The molecule has 0 saturated carbocycles. The van der Waals surface area contributed by atoms with Gasteiger partial charge in [0.05, 0.1) is 10.7 Å². The molecule has 0 bridgehead atoms. The summed E-state index contributed by atoms with van der Waals surface area (Å²) in [6, 6.07) is 5.51. The second kappa shape index (κ2) is 6.01. The number of anilines is 2. The monoisotopic (exact) mass is 315 g/mol. The molecule has 0 radical (unpaired) electrons. The predicted octanol–water partition coefficient (Wildman–Crippen LogP) is 3.11. The van der Waals surface area contributed by atoms with Crippen molar-refractivity contribution < 1.29 is 18.3 Å². The molecular weight excluding hydrogens is 304 g/mol. The van der Waals surface area contributed by atoms with Crippen molar-refractivity contribution in [3.05, 3.63) is 41.2 Å². The first-order valence-electron chi connectivity index (χ1n) is 5.84. The third-order valence-corrected chi connectivity index (χ3v) is 2.96. The number of rotatable bonds is 4. The SMILES string of the molecule is Cn1cc(N)cc1C(=O)Nc1ccc(OC(F)F)c(Cl)c1. The smallest absolute Gasteiger partial charge is 0.387 e. The van der Waals surface area contributed by atoms with Gasteiger partial charge in [0.15, 0.2) is 0 Å². The molecule has 21 heavy (non-hydrogen) atoms. The molecule has 0 aliphatic rings. The van der Waals surface area contributed by atoms with Crippen LogP contribution < -0.4 is 15.8 Å². The van der Waals surface area contributed by atoms with Crippen molar-refractivity contribution >= 4 is 28.9 Å². The summed E-state index contributed by atoms with van der Waals surface area (Å²) in [5.74, 6) is -0.555. The molecule has 2 rings (SSSR count). The number of nitrogen functional groups attached to an aromatic ring is 1. The molecule has 112 valence electrons. The Balaban J connectivity index is 2.15. The molecule has 0 atom stereocenters. The van der Waals surface area contributed by atoms with Gasteiger partial charge in [-0.05, 0) is 24.3 Å². The lowest BCUT2D eigenvalue weighted by Crippen LogP contribution is -2.15. The molecule has 8 heteroatoms. The lowest BCUT2D eigenvalue weighted by atomic mass is 10.3. The number of aryl methyl sites for hydroxylation is 1. The summed E-state index contributed by atoms with van der Waals surface area (Å²) in [6.45, 7) is -2.96. The van der Waals surface area contributed by atoms with E-state index in [2.05, 4.69) is 10.1 Å². The average Bonchev–Trinajstić information content (AvgIpc) is 2.71. The largest absolute Gasteiger partial charge is 0.433 e. The number of ether oxygens (including phenoxy) is 1. The van der Waals surface area contributed by atoms with Gasteiger partial charge in [-0.2, -0.15) is 8.78 Å². The fraction of sp³-hybridized carbons (Fsp3) is 0.154. The Kier molecular flexibility index (Phi) is 4.32. The molecule has 3 N–H and O–H groups in total. The number of amides is 1. The molecule has 0 spiro atoms. The Labute approximate surface area is 124 Å². The first-order chi connectivity index (χ1) is 9.86. The molecule has 0 aliphatic carbocycles. The fourth-order valence-electron chi connectivity index (χ4n) is 1.78. The van der Waals surface area contributed by atoms with Crippen LogP contribution in [0.2, 0.25) is 5.02 Å². The number of benzene rings is 1. The molecule has 2 aromatic rings. The minimum Gasteiger partial charge on any atom is -0.433 e. The predicted molar refractivity (Wildman–Crippen MR) is 75.9 cm³/mol. The van der Waals surface area contributed by atoms with Crippen LogP contribution in [0.3, 0.4) is 0 Å². The van der Waals surface area contributed by atoms with Crippen LogP contribution in [0.25, 0.3) is 0 Å². The van der Waals surface area contributed by atoms with Gasteiger partial charge < -0.3 is 20.4 Å². The van der Waals surface area contributed by atoms with E-state index < -0.39 is 12.5 Å². The number of nitrogens with two attached hydrogens (primary N) is 1. The van der Waals surface area contributed by atoms with Crippen molar-refractivity contribution in [1.29, 1.82) is 0 Å². The minimum absolute atomic E-state index is 0.0282. The van der Waals surface area contributed by atoms with E-state index >= 15 is 0 Å². The third-order valence-electron chi connectivity index (χ3n) is 2.66. The van der Waals surface area contributed by atoms with Gasteiger partial charge in [-0.15, -0.1) is 0 Å². The zero-order chi connectivity index (χ0) is 15.6. The van der Waals surface area contributed by atoms with Crippen LogP contribution in [0.4, 0.5) is 20.2 Å². The van der Waals surface area contributed by atoms with Crippen molar-refractivity contribution in [3.63, 3.8) is 0 Å². The lowest BCUT2D eigenvalue weighted by molar-refractivity contribution is -0.0497. The van der Waals surface area contributed by atoms with Crippen LogP contribution in [0.5, 0.6) is 5.75 Å². The summed E-state index contributed by atoms with van der Waals surface area (Å²) < 4.78 is 30.0. The van der Waals surface area contributed by atoms with Gasteiger partial charge in [0.1, 0.15) is 11.4 Å². The maximum Gasteiger partial charge on any atom is 0.387 e. The Morgan fingerprint density at radius 2 is 2.14 bits per heavy atom. The Morgan fingerprint density at radius 3 is 2.67 bits per heavy atom. The topological polar surface area (TPSA) is 69.3 Å². The summed E-state index contributed by atoms with van der Waals surface area (Å²) in [5, 5.41) is 2.56. The van der Waals surface area contributed by atoms with Crippen LogP contribution in [0, 0.1) is 0 Å². The van der Waals surface area contributed by atoms with Crippen molar-refractivity contribution in [2.24, 2.45) is 7.05 Å². The molecule has 1 aromatic carbocycles.